The van der Waals surface area contributed by atoms with E-state index >= 15 is 0 Å². The fourth-order valence-corrected chi connectivity index (χ4v) is 1.61. The highest BCUT2D eigenvalue weighted by Gasteiger charge is 2.16. The van der Waals surface area contributed by atoms with Crippen LogP contribution in [0.25, 0.3) is 0 Å². The number of carbonyl (C=O) groups excluding carboxylic acids is 1. The molecule has 0 aliphatic heterocycles. The molecule has 0 fully saturated rings. The average Bonchev–Trinajstić information content (AvgIpc) is 2.21. The zero-order chi connectivity index (χ0) is 11.6. The maximum absolute atomic E-state index is 11.4. The molecule has 0 spiro atoms. The van der Waals surface area contributed by atoms with Crippen molar-refractivity contribution in [1.29, 1.82) is 0 Å². The van der Waals surface area contributed by atoms with Crippen molar-refractivity contribution in [3.63, 3.8) is 0 Å². The lowest BCUT2D eigenvalue weighted by Gasteiger charge is -2.15. The molecule has 0 aliphatic rings. The lowest BCUT2D eigenvalue weighted by molar-refractivity contribution is -0.122. The van der Waals surface area contributed by atoms with E-state index in [1.807, 2.05) is 19.9 Å². The minimum Gasteiger partial charge on any atom is -0.358 e. The molecule has 3 nitrogen and oxygen atoms in total. The van der Waals surface area contributed by atoms with Gasteiger partial charge in [0, 0.05) is 7.05 Å². The minimum atomic E-state index is -0.575. The van der Waals surface area contributed by atoms with Gasteiger partial charge in [0.2, 0.25) is 5.91 Å². The summed E-state index contributed by atoms with van der Waals surface area (Å²) >= 11 is 0. The number of benzene rings is 1. The van der Waals surface area contributed by atoms with E-state index < -0.39 is 6.04 Å². The normalized spacial score (nSPS) is 12.3. The predicted octanol–water partition coefficient (Wildman–Crippen LogP) is 1.36. The van der Waals surface area contributed by atoms with Crippen molar-refractivity contribution in [2.75, 3.05) is 7.05 Å². The standard InChI is InChI=1S/C12H18N2O/c1-7-5-9(3)10(6-8(7)2)11(13)12(15)14-4/h5-6,11H,13H2,1-4H3,(H,14,15). The minimum absolute atomic E-state index is 0.152. The van der Waals surface area contributed by atoms with Crippen molar-refractivity contribution in [3.05, 3.63) is 34.4 Å². The molecule has 15 heavy (non-hydrogen) atoms. The second kappa shape index (κ2) is 4.45. The number of carbonyl (C=O) groups is 1. The molecule has 0 bridgehead atoms. The van der Waals surface area contributed by atoms with Gasteiger partial charge in [-0.25, -0.2) is 0 Å². The van der Waals surface area contributed by atoms with Gasteiger partial charge in [-0.3, -0.25) is 4.79 Å². The van der Waals surface area contributed by atoms with Gasteiger partial charge in [-0.1, -0.05) is 12.1 Å². The van der Waals surface area contributed by atoms with Crippen LogP contribution in [0.4, 0.5) is 0 Å². The Morgan fingerprint density at radius 1 is 1.20 bits per heavy atom. The number of nitrogens with two attached hydrogens (primary N) is 1. The Bertz CT molecular complexity index is 385. The fourth-order valence-electron chi connectivity index (χ4n) is 1.61. The molecule has 3 heteroatoms. The lowest BCUT2D eigenvalue weighted by atomic mass is 9.96. The molecule has 1 atom stereocenters. The van der Waals surface area contributed by atoms with Crippen LogP contribution < -0.4 is 11.1 Å². The quantitative estimate of drug-likeness (QED) is 0.767. The van der Waals surface area contributed by atoms with Crippen molar-refractivity contribution in [2.45, 2.75) is 26.8 Å². The summed E-state index contributed by atoms with van der Waals surface area (Å²) in [5, 5.41) is 2.56. The van der Waals surface area contributed by atoms with Crippen LogP contribution in [-0.4, -0.2) is 13.0 Å². The second-order valence-electron chi connectivity index (χ2n) is 3.88. The molecule has 0 heterocycles. The van der Waals surface area contributed by atoms with Crippen LogP contribution >= 0.6 is 0 Å². The number of hydrogen-bond donors (Lipinski definition) is 2. The molecule has 0 radical (unpaired) electrons. The molecule has 0 saturated carbocycles. The Kier molecular flexibility index (Phi) is 3.48. The maximum atomic E-state index is 11.4. The third kappa shape index (κ3) is 2.36. The highest BCUT2D eigenvalue weighted by molar-refractivity contribution is 5.83. The summed E-state index contributed by atoms with van der Waals surface area (Å²) in [5.41, 5.74) is 10.2. The van der Waals surface area contributed by atoms with E-state index in [1.54, 1.807) is 7.05 Å². The molecule has 1 aromatic carbocycles. The fraction of sp³-hybridized carbons (Fsp3) is 0.417. The van der Waals surface area contributed by atoms with Crippen LogP contribution in [-0.2, 0) is 4.79 Å². The molecule has 3 N–H and O–H groups in total. The molecule has 0 aliphatic carbocycles. The van der Waals surface area contributed by atoms with Gasteiger partial charge in [0.25, 0.3) is 0 Å². The van der Waals surface area contributed by atoms with Crippen molar-refractivity contribution >= 4 is 5.91 Å². The van der Waals surface area contributed by atoms with Crippen molar-refractivity contribution < 1.29 is 4.79 Å². The third-order valence-electron chi connectivity index (χ3n) is 2.75. The molecule has 1 rings (SSSR count). The zero-order valence-corrected chi connectivity index (χ0v) is 9.72. The van der Waals surface area contributed by atoms with Crippen LogP contribution in [0.2, 0.25) is 0 Å². The Hall–Kier alpha value is -1.35. The van der Waals surface area contributed by atoms with Gasteiger partial charge >= 0.3 is 0 Å². The lowest BCUT2D eigenvalue weighted by Crippen LogP contribution is -2.31. The van der Waals surface area contributed by atoms with Crippen molar-refractivity contribution in [1.82, 2.24) is 5.32 Å². The van der Waals surface area contributed by atoms with E-state index in [0.29, 0.717) is 0 Å². The highest BCUT2D eigenvalue weighted by atomic mass is 16.2. The first kappa shape index (κ1) is 11.7. The summed E-state index contributed by atoms with van der Waals surface area (Å²) in [4.78, 5) is 11.4. The number of likely N-dealkylation sites (N-methyl/N-ethyl adjacent to an activating group) is 1. The molecule has 1 aromatic rings. The third-order valence-corrected chi connectivity index (χ3v) is 2.75. The summed E-state index contributed by atoms with van der Waals surface area (Å²) in [7, 11) is 1.60. The van der Waals surface area contributed by atoms with E-state index in [0.717, 1.165) is 16.7 Å². The monoisotopic (exact) mass is 206 g/mol. The summed E-state index contributed by atoms with van der Waals surface area (Å²) in [6.45, 7) is 6.05. The first-order valence-corrected chi connectivity index (χ1v) is 5.02. The first-order chi connectivity index (χ1) is 6.97. The van der Waals surface area contributed by atoms with Gasteiger partial charge in [-0.05, 0) is 43.0 Å². The van der Waals surface area contributed by atoms with Gasteiger partial charge in [0.15, 0.2) is 0 Å². The topological polar surface area (TPSA) is 55.1 Å². The Morgan fingerprint density at radius 3 is 2.27 bits per heavy atom. The number of hydrogen-bond acceptors (Lipinski definition) is 2. The molecular weight excluding hydrogens is 188 g/mol. The second-order valence-corrected chi connectivity index (χ2v) is 3.88. The van der Waals surface area contributed by atoms with Crippen molar-refractivity contribution in [3.8, 4) is 0 Å². The molecule has 82 valence electrons. The zero-order valence-electron chi connectivity index (χ0n) is 9.72. The largest absolute Gasteiger partial charge is 0.358 e. The molecular formula is C12H18N2O. The van der Waals surface area contributed by atoms with Gasteiger partial charge in [-0.2, -0.15) is 0 Å². The summed E-state index contributed by atoms with van der Waals surface area (Å²) in [6, 6.07) is 3.48. The number of nitrogens with one attached hydrogen (secondary N) is 1. The molecule has 0 aromatic heterocycles. The number of rotatable bonds is 2. The SMILES string of the molecule is CNC(=O)C(N)c1cc(C)c(C)cc1C. The summed E-state index contributed by atoms with van der Waals surface area (Å²) < 4.78 is 0. The number of aryl methyl sites for hydroxylation is 3. The summed E-state index contributed by atoms with van der Waals surface area (Å²) in [6.07, 6.45) is 0. The smallest absolute Gasteiger partial charge is 0.241 e. The summed E-state index contributed by atoms with van der Waals surface area (Å²) in [5.74, 6) is -0.152. The maximum Gasteiger partial charge on any atom is 0.241 e. The highest BCUT2D eigenvalue weighted by Crippen LogP contribution is 2.20. The van der Waals surface area contributed by atoms with E-state index in [2.05, 4.69) is 18.3 Å². The van der Waals surface area contributed by atoms with Gasteiger partial charge in [0.1, 0.15) is 6.04 Å². The molecule has 1 amide bonds. The Labute approximate surface area is 90.7 Å². The van der Waals surface area contributed by atoms with Crippen LogP contribution in [0.3, 0.4) is 0 Å². The predicted molar refractivity (Wildman–Crippen MR) is 61.6 cm³/mol. The van der Waals surface area contributed by atoms with Gasteiger partial charge < -0.3 is 11.1 Å². The van der Waals surface area contributed by atoms with Crippen LogP contribution in [0.15, 0.2) is 12.1 Å². The van der Waals surface area contributed by atoms with Gasteiger partial charge in [0.05, 0.1) is 0 Å². The van der Waals surface area contributed by atoms with Crippen LogP contribution in [0.1, 0.15) is 28.3 Å². The Balaban J connectivity index is 3.14. The van der Waals surface area contributed by atoms with Crippen LogP contribution in [0.5, 0.6) is 0 Å². The van der Waals surface area contributed by atoms with E-state index in [1.165, 1.54) is 5.56 Å². The number of amides is 1. The Morgan fingerprint density at radius 2 is 1.73 bits per heavy atom. The van der Waals surface area contributed by atoms with E-state index in [4.69, 9.17) is 5.73 Å². The van der Waals surface area contributed by atoms with Gasteiger partial charge in [-0.15, -0.1) is 0 Å². The molecule has 0 saturated heterocycles. The average molecular weight is 206 g/mol. The first-order valence-electron chi connectivity index (χ1n) is 5.02. The van der Waals surface area contributed by atoms with Crippen LogP contribution in [0, 0.1) is 20.8 Å². The van der Waals surface area contributed by atoms with Crippen molar-refractivity contribution in [2.24, 2.45) is 5.73 Å². The van der Waals surface area contributed by atoms with E-state index in [9.17, 15) is 4.79 Å². The van der Waals surface area contributed by atoms with E-state index in [-0.39, 0.29) is 5.91 Å². The molecule has 1 unspecified atom stereocenters.